The number of nitrogens with zero attached hydrogens (tertiary/aromatic N) is 3. The highest BCUT2D eigenvalue weighted by Crippen LogP contribution is 2.35. The Kier molecular flexibility index (Phi) is 6.14. The van der Waals surface area contributed by atoms with Gasteiger partial charge in [-0.3, -0.25) is 9.69 Å². The molecule has 2 saturated heterocycles. The summed E-state index contributed by atoms with van der Waals surface area (Å²) < 4.78 is 0. The van der Waals surface area contributed by atoms with E-state index in [1.54, 1.807) is 0 Å². The molecule has 1 N–H and O–H groups in total. The smallest absolute Gasteiger partial charge is 0.251 e. The Bertz CT molecular complexity index is 690. The SMILES string of the molecule is CN1CCN(C2(CNC(=O)c3ccc(N4CCCC4)c(Cl)c3)CCCC2)CC1. The van der Waals surface area contributed by atoms with Gasteiger partial charge in [-0.2, -0.15) is 0 Å². The van der Waals surface area contributed by atoms with Gasteiger partial charge >= 0.3 is 0 Å². The maximum Gasteiger partial charge on any atom is 0.251 e. The van der Waals surface area contributed by atoms with Crippen LogP contribution in [0.3, 0.4) is 0 Å². The second-order valence-electron chi connectivity index (χ2n) is 8.76. The molecule has 4 rings (SSSR count). The number of anilines is 1. The lowest BCUT2D eigenvalue weighted by Gasteiger charge is -2.45. The Morgan fingerprint density at radius 3 is 2.36 bits per heavy atom. The first-order valence-corrected chi connectivity index (χ1v) is 11.2. The predicted molar refractivity (Wildman–Crippen MR) is 116 cm³/mol. The molecule has 2 aliphatic heterocycles. The van der Waals surface area contributed by atoms with Crippen LogP contribution in [0.15, 0.2) is 18.2 Å². The van der Waals surface area contributed by atoms with Crippen molar-refractivity contribution in [2.45, 2.75) is 44.1 Å². The van der Waals surface area contributed by atoms with Crippen LogP contribution in [0.2, 0.25) is 5.02 Å². The van der Waals surface area contributed by atoms with Crippen LogP contribution in [0.5, 0.6) is 0 Å². The van der Waals surface area contributed by atoms with Gasteiger partial charge in [-0.25, -0.2) is 0 Å². The van der Waals surface area contributed by atoms with Crippen molar-refractivity contribution in [1.29, 1.82) is 0 Å². The first kappa shape index (κ1) is 20.0. The molecule has 0 unspecified atom stereocenters. The molecule has 3 fully saturated rings. The number of piperazine rings is 1. The summed E-state index contributed by atoms with van der Waals surface area (Å²) in [7, 11) is 2.19. The minimum atomic E-state index is -0.00438. The van der Waals surface area contributed by atoms with Crippen molar-refractivity contribution in [3.63, 3.8) is 0 Å². The lowest BCUT2D eigenvalue weighted by Crippen LogP contribution is -2.59. The quantitative estimate of drug-likeness (QED) is 0.817. The Morgan fingerprint density at radius 1 is 1.04 bits per heavy atom. The Morgan fingerprint density at radius 2 is 1.71 bits per heavy atom. The fourth-order valence-corrected chi connectivity index (χ4v) is 5.43. The van der Waals surface area contributed by atoms with E-state index in [1.807, 2.05) is 18.2 Å². The summed E-state index contributed by atoms with van der Waals surface area (Å²) in [6.07, 6.45) is 7.33. The van der Waals surface area contributed by atoms with E-state index in [2.05, 4.69) is 27.1 Å². The third kappa shape index (κ3) is 4.17. The van der Waals surface area contributed by atoms with E-state index in [9.17, 15) is 4.79 Å². The van der Waals surface area contributed by atoms with Crippen LogP contribution < -0.4 is 10.2 Å². The molecule has 0 atom stereocenters. The number of halogens is 1. The summed E-state index contributed by atoms with van der Waals surface area (Å²) in [5.41, 5.74) is 1.86. The normalized spacial score (nSPS) is 23.3. The van der Waals surface area contributed by atoms with E-state index in [-0.39, 0.29) is 11.4 Å². The molecule has 3 aliphatic rings. The Balaban J connectivity index is 1.40. The highest BCUT2D eigenvalue weighted by atomic mass is 35.5. The fraction of sp³-hybridized carbons (Fsp3) is 0.682. The van der Waals surface area contributed by atoms with Crippen molar-refractivity contribution < 1.29 is 4.79 Å². The topological polar surface area (TPSA) is 38.8 Å². The maximum absolute atomic E-state index is 12.9. The van der Waals surface area contributed by atoms with Crippen molar-refractivity contribution in [2.75, 3.05) is 57.8 Å². The van der Waals surface area contributed by atoms with Crippen LogP contribution in [-0.4, -0.2) is 74.1 Å². The van der Waals surface area contributed by atoms with Crippen LogP contribution in [0.1, 0.15) is 48.9 Å². The molecule has 2 heterocycles. The molecule has 5 nitrogen and oxygen atoms in total. The number of rotatable bonds is 5. The van der Waals surface area contributed by atoms with Gasteiger partial charge in [0.15, 0.2) is 0 Å². The number of hydrogen-bond acceptors (Lipinski definition) is 4. The van der Waals surface area contributed by atoms with E-state index >= 15 is 0 Å². The minimum absolute atomic E-state index is 0.00438. The third-order valence-electron chi connectivity index (χ3n) is 6.94. The number of carbonyl (C=O) groups is 1. The van der Waals surface area contributed by atoms with Crippen molar-refractivity contribution in [3.8, 4) is 0 Å². The molecule has 28 heavy (non-hydrogen) atoms. The molecule has 0 bridgehead atoms. The summed E-state index contributed by atoms with van der Waals surface area (Å²) in [5.74, 6) is -0.00438. The zero-order valence-electron chi connectivity index (χ0n) is 17.1. The standard InChI is InChI=1S/C22H33ClN4O/c1-25-12-14-27(15-13-25)22(8-2-3-9-22)17-24-21(28)18-6-7-20(19(23)16-18)26-10-4-5-11-26/h6-7,16H,2-5,8-15,17H2,1H3,(H,24,28). The maximum atomic E-state index is 12.9. The van der Waals surface area contributed by atoms with Gasteiger partial charge in [-0.15, -0.1) is 0 Å². The van der Waals surface area contributed by atoms with Crippen LogP contribution in [-0.2, 0) is 0 Å². The predicted octanol–water partition coefficient (Wildman–Crippen LogP) is 3.23. The van der Waals surface area contributed by atoms with Crippen molar-refractivity contribution in [3.05, 3.63) is 28.8 Å². The van der Waals surface area contributed by atoms with Crippen LogP contribution >= 0.6 is 11.6 Å². The molecule has 0 radical (unpaired) electrons. The van der Waals surface area contributed by atoms with E-state index in [0.717, 1.165) is 51.5 Å². The largest absolute Gasteiger partial charge is 0.370 e. The Hall–Kier alpha value is -1.30. The van der Waals surface area contributed by atoms with Crippen molar-refractivity contribution >= 4 is 23.2 Å². The van der Waals surface area contributed by atoms with Crippen molar-refractivity contribution in [2.24, 2.45) is 0 Å². The second-order valence-corrected chi connectivity index (χ2v) is 9.17. The van der Waals surface area contributed by atoms with Gasteiger partial charge in [0, 0.05) is 56.9 Å². The monoisotopic (exact) mass is 404 g/mol. The highest BCUT2D eigenvalue weighted by molar-refractivity contribution is 6.33. The minimum Gasteiger partial charge on any atom is -0.370 e. The molecular formula is C22H33ClN4O. The third-order valence-corrected chi connectivity index (χ3v) is 7.25. The fourth-order valence-electron chi connectivity index (χ4n) is 5.13. The lowest BCUT2D eigenvalue weighted by atomic mass is 9.93. The molecule has 1 aliphatic carbocycles. The molecule has 6 heteroatoms. The van der Waals surface area contributed by atoms with Gasteiger partial charge in [-0.1, -0.05) is 24.4 Å². The van der Waals surface area contributed by atoms with Gasteiger partial charge in [0.25, 0.3) is 5.91 Å². The summed E-state index contributed by atoms with van der Waals surface area (Å²) in [5, 5.41) is 3.92. The number of likely N-dealkylation sites (N-methyl/N-ethyl adjacent to an activating group) is 1. The summed E-state index contributed by atoms with van der Waals surface area (Å²) >= 11 is 6.51. The lowest BCUT2D eigenvalue weighted by molar-refractivity contribution is 0.0414. The average molecular weight is 405 g/mol. The van der Waals surface area contributed by atoms with Gasteiger partial charge in [0.2, 0.25) is 0 Å². The number of amides is 1. The van der Waals surface area contributed by atoms with Gasteiger partial charge in [0.1, 0.15) is 0 Å². The molecule has 154 valence electrons. The zero-order valence-corrected chi connectivity index (χ0v) is 17.8. The number of benzene rings is 1. The zero-order chi connectivity index (χ0) is 19.6. The molecular weight excluding hydrogens is 372 g/mol. The first-order valence-electron chi connectivity index (χ1n) is 10.8. The molecule has 1 aromatic rings. The summed E-state index contributed by atoms with van der Waals surface area (Å²) in [6, 6.07) is 5.77. The summed E-state index contributed by atoms with van der Waals surface area (Å²) in [4.78, 5) is 20.2. The molecule has 1 saturated carbocycles. The van der Waals surface area contributed by atoms with Gasteiger partial charge in [-0.05, 0) is 50.9 Å². The molecule has 1 aromatic carbocycles. The van der Waals surface area contributed by atoms with Crippen LogP contribution in [0.4, 0.5) is 5.69 Å². The van der Waals surface area contributed by atoms with E-state index in [0.29, 0.717) is 10.6 Å². The Labute approximate surface area is 174 Å². The van der Waals surface area contributed by atoms with Gasteiger partial charge in [0.05, 0.1) is 10.7 Å². The number of carbonyl (C=O) groups excluding carboxylic acids is 1. The van der Waals surface area contributed by atoms with E-state index in [4.69, 9.17) is 11.6 Å². The van der Waals surface area contributed by atoms with E-state index in [1.165, 1.54) is 38.5 Å². The summed E-state index contributed by atoms with van der Waals surface area (Å²) in [6.45, 7) is 7.27. The van der Waals surface area contributed by atoms with Crippen LogP contribution in [0.25, 0.3) is 0 Å². The molecule has 0 aromatic heterocycles. The second kappa shape index (κ2) is 8.60. The number of hydrogen-bond donors (Lipinski definition) is 1. The average Bonchev–Trinajstić information content (AvgIpc) is 3.39. The number of nitrogens with one attached hydrogen (secondary N) is 1. The highest BCUT2D eigenvalue weighted by Gasteiger charge is 2.40. The van der Waals surface area contributed by atoms with E-state index < -0.39 is 0 Å². The van der Waals surface area contributed by atoms with Crippen molar-refractivity contribution in [1.82, 2.24) is 15.1 Å². The molecule has 0 spiro atoms. The first-order chi connectivity index (χ1) is 13.6. The van der Waals surface area contributed by atoms with Gasteiger partial charge < -0.3 is 15.1 Å². The van der Waals surface area contributed by atoms with Crippen LogP contribution in [0, 0.1) is 0 Å². The molecule has 1 amide bonds.